The highest BCUT2D eigenvalue weighted by atomic mass is 16.6. The van der Waals surface area contributed by atoms with Gasteiger partial charge in [-0.25, -0.2) is 0 Å². The lowest BCUT2D eigenvalue weighted by atomic mass is 10.2. The van der Waals surface area contributed by atoms with Gasteiger partial charge < -0.3 is 20.5 Å². The normalized spacial score (nSPS) is 14.3. The van der Waals surface area contributed by atoms with Crippen molar-refractivity contribution in [3.05, 3.63) is 41.9 Å². The van der Waals surface area contributed by atoms with Crippen molar-refractivity contribution in [1.82, 2.24) is 0 Å². The first-order chi connectivity index (χ1) is 8.29. The molecular formula is C12H14N2O3. The predicted octanol–water partition coefficient (Wildman–Crippen LogP) is 0.972. The molecule has 1 aromatic carbocycles. The third-order valence-corrected chi connectivity index (χ3v) is 2.29. The molecule has 0 unspecified atom stereocenters. The van der Waals surface area contributed by atoms with Gasteiger partial charge in [0, 0.05) is 12.2 Å². The van der Waals surface area contributed by atoms with Crippen LogP contribution >= 0.6 is 0 Å². The molecule has 0 atom stereocenters. The molecule has 0 radical (unpaired) electrons. The molecule has 0 saturated heterocycles. The van der Waals surface area contributed by atoms with Crippen molar-refractivity contribution in [2.75, 3.05) is 18.5 Å². The van der Waals surface area contributed by atoms with Gasteiger partial charge >= 0.3 is 0 Å². The van der Waals surface area contributed by atoms with Crippen molar-refractivity contribution in [2.45, 2.75) is 6.54 Å². The number of carbonyl (C=O) groups is 1. The zero-order valence-corrected chi connectivity index (χ0v) is 9.31. The SMILES string of the molecule is NCc1cccc(NC(=O)C2=COCCO2)c1. The lowest BCUT2D eigenvalue weighted by molar-refractivity contribution is -0.117. The summed E-state index contributed by atoms with van der Waals surface area (Å²) >= 11 is 0. The first-order valence-electron chi connectivity index (χ1n) is 5.34. The summed E-state index contributed by atoms with van der Waals surface area (Å²) in [7, 11) is 0. The fourth-order valence-electron chi connectivity index (χ4n) is 1.46. The fraction of sp³-hybridized carbons (Fsp3) is 0.250. The zero-order chi connectivity index (χ0) is 12.1. The van der Waals surface area contributed by atoms with E-state index in [0.29, 0.717) is 25.4 Å². The van der Waals surface area contributed by atoms with Gasteiger partial charge in [-0.1, -0.05) is 12.1 Å². The summed E-state index contributed by atoms with van der Waals surface area (Å²) in [6.45, 7) is 1.30. The van der Waals surface area contributed by atoms with Crippen molar-refractivity contribution in [3.63, 3.8) is 0 Å². The minimum absolute atomic E-state index is 0.189. The Balaban J connectivity index is 2.04. The Kier molecular flexibility index (Phi) is 3.62. The van der Waals surface area contributed by atoms with Crippen LogP contribution in [0.2, 0.25) is 0 Å². The first kappa shape index (κ1) is 11.5. The van der Waals surface area contributed by atoms with Crippen molar-refractivity contribution >= 4 is 11.6 Å². The summed E-state index contributed by atoms with van der Waals surface area (Å²) in [5.74, 6) is -0.131. The van der Waals surface area contributed by atoms with E-state index in [1.807, 2.05) is 18.2 Å². The smallest absolute Gasteiger partial charge is 0.294 e. The second kappa shape index (κ2) is 5.36. The largest absolute Gasteiger partial charge is 0.494 e. The topological polar surface area (TPSA) is 73.6 Å². The molecule has 1 amide bonds. The van der Waals surface area contributed by atoms with E-state index >= 15 is 0 Å². The number of hydrogen-bond donors (Lipinski definition) is 2. The summed E-state index contributed by atoms with van der Waals surface area (Å²) < 4.78 is 10.2. The van der Waals surface area contributed by atoms with Gasteiger partial charge in [-0.05, 0) is 17.7 Å². The summed E-state index contributed by atoms with van der Waals surface area (Å²) in [6.07, 6.45) is 1.33. The Hall–Kier alpha value is -2.01. The van der Waals surface area contributed by atoms with E-state index in [4.69, 9.17) is 15.2 Å². The minimum atomic E-state index is -0.320. The Bertz CT molecular complexity index is 443. The van der Waals surface area contributed by atoms with E-state index in [0.717, 1.165) is 5.56 Å². The van der Waals surface area contributed by atoms with E-state index in [-0.39, 0.29) is 11.7 Å². The quantitative estimate of drug-likeness (QED) is 0.817. The number of hydrogen-bond acceptors (Lipinski definition) is 4. The number of nitrogens with two attached hydrogens (primary N) is 1. The van der Waals surface area contributed by atoms with Crippen LogP contribution in [0.4, 0.5) is 5.69 Å². The van der Waals surface area contributed by atoms with Crippen LogP contribution in [-0.2, 0) is 20.8 Å². The van der Waals surface area contributed by atoms with Gasteiger partial charge in [-0.3, -0.25) is 4.79 Å². The van der Waals surface area contributed by atoms with Crippen LogP contribution in [0.25, 0.3) is 0 Å². The molecule has 17 heavy (non-hydrogen) atoms. The Morgan fingerprint density at radius 3 is 3.00 bits per heavy atom. The van der Waals surface area contributed by atoms with E-state index in [9.17, 15) is 4.79 Å². The average molecular weight is 234 g/mol. The number of carbonyl (C=O) groups excluding carboxylic acids is 1. The summed E-state index contributed by atoms with van der Waals surface area (Å²) in [5.41, 5.74) is 7.17. The number of benzene rings is 1. The van der Waals surface area contributed by atoms with Gasteiger partial charge in [0.25, 0.3) is 5.91 Å². The molecular weight excluding hydrogens is 220 g/mol. The van der Waals surface area contributed by atoms with Crippen LogP contribution < -0.4 is 11.1 Å². The van der Waals surface area contributed by atoms with Gasteiger partial charge in [0.1, 0.15) is 19.5 Å². The van der Waals surface area contributed by atoms with Crippen LogP contribution in [0, 0.1) is 0 Å². The van der Waals surface area contributed by atoms with Crippen molar-refractivity contribution < 1.29 is 14.3 Å². The lowest BCUT2D eigenvalue weighted by Gasteiger charge is -2.15. The van der Waals surface area contributed by atoms with Gasteiger partial charge in [0.2, 0.25) is 5.76 Å². The predicted molar refractivity (Wildman–Crippen MR) is 63.0 cm³/mol. The average Bonchev–Trinajstić information content (AvgIpc) is 2.40. The third kappa shape index (κ3) is 2.98. The van der Waals surface area contributed by atoms with Crippen molar-refractivity contribution in [2.24, 2.45) is 5.73 Å². The maximum absolute atomic E-state index is 11.8. The Morgan fingerprint density at radius 1 is 1.41 bits per heavy atom. The Labute approximate surface area is 99.2 Å². The molecule has 2 rings (SSSR count). The standard InChI is InChI=1S/C12H14N2O3/c13-7-9-2-1-3-10(6-9)14-12(15)11-8-16-4-5-17-11/h1-3,6,8H,4-5,7,13H2,(H,14,15). The summed E-state index contributed by atoms with van der Waals surface area (Å²) in [5, 5.41) is 2.72. The molecule has 3 N–H and O–H groups in total. The van der Waals surface area contributed by atoms with Crippen molar-refractivity contribution in [1.29, 1.82) is 0 Å². The van der Waals surface area contributed by atoms with E-state index in [1.54, 1.807) is 6.07 Å². The third-order valence-electron chi connectivity index (χ3n) is 2.29. The van der Waals surface area contributed by atoms with Crippen LogP contribution in [0.3, 0.4) is 0 Å². The summed E-state index contributed by atoms with van der Waals surface area (Å²) in [4.78, 5) is 11.8. The molecule has 1 aliphatic heterocycles. The molecule has 0 aromatic heterocycles. The fourth-order valence-corrected chi connectivity index (χ4v) is 1.46. The highest BCUT2D eigenvalue weighted by molar-refractivity contribution is 6.02. The second-order valence-electron chi connectivity index (χ2n) is 3.56. The van der Waals surface area contributed by atoms with E-state index < -0.39 is 0 Å². The zero-order valence-electron chi connectivity index (χ0n) is 9.31. The molecule has 5 nitrogen and oxygen atoms in total. The molecule has 1 heterocycles. The molecule has 0 spiro atoms. The van der Waals surface area contributed by atoms with Crippen LogP contribution in [-0.4, -0.2) is 19.1 Å². The molecule has 90 valence electrons. The highest BCUT2D eigenvalue weighted by Crippen LogP contribution is 2.13. The van der Waals surface area contributed by atoms with Gasteiger partial charge in [0.05, 0.1) is 0 Å². The Morgan fingerprint density at radius 2 is 2.29 bits per heavy atom. The number of amides is 1. The molecule has 0 bridgehead atoms. The monoisotopic (exact) mass is 234 g/mol. The first-order valence-corrected chi connectivity index (χ1v) is 5.34. The van der Waals surface area contributed by atoms with Gasteiger partial charge in [0.15, 0.2) is 0 Å². The molecule has 0 saturated carbocycles. The summed E-state index contributed by atoms with van der Waals surface area (Å²) in [6, 6.07) is 7.35. The minimum Gasteiger partial charge on any atom is -0.494 e. The van der Waals surface area contributed by atoms with Gasteiger partial charge in [-0.2, -0.15) is 0 Å². The molecule has 1 aliphatic rings. The maximum Gasteiger partial charge on any atom is 0.294 e. The van der Waals surface area contributed by atoms with Crippen LogP contribution in [0.1, 0.15) is 5.56 Å². The number of nitrogens with one attached hydrogen (secondary N) is 1. The number of ether oxygens (including phenoxy) is 2. The van der Waals surface area contributed by atoms with Crippen LogP contribution in [0.5, 0.6) is 0 Å². The molecule has 0 fully saturated rings. The molecule has 0 aliphatic carbocycles. The molecule has 1 aromatic rings. The van der Waals surface area contributed by atoms with E-state index in [1.165, 1.54) is 6.26 Å². The van der Waals surface area contributed by atoms with Gasteiger partial charge in [-0.15, -0.1) is 0 Å². The number of anilines is 1. The van der Waals surface area contributed by atoms with Crippen LogP contribution in [0.15, 0.2) is 36.3 Å². The van der Waals surface area contributed by atoms with Crippen molar-refractivity contribution in [3.8, 4) is 0 Å². The number of rotatable bonds is 3. The van der Waals surface area contributed by atoms with E-state index in [2.05, 4.69) is 5.32 Å². The lowest BCUT2D eigenvalue weighted by Crippen LogP contribution is -2.21. The highest BCUT2D eigenvalue weighted by Gasteiger charge is 2.14. The molecule has 5 heteroatoms. The maximum atomic E-state index is 11.8. The second-order valence-corrected chi connectivity index (χ2v) is 3.56.